The van der Waals surface area contributed by atoms with Gasteiger partial charge in [0.15, 0.2) is 28.9 Å². The maximum Gasteiger partial charge on any atom is 0.247 e. The largest absolute Gasteiger partial charge is 0.493 e. The minimum atomic E-state index is -0.627. The molecule has 7 nitrogen and oxygen atoms in total. The highest BCUT2D eigenvalue weighted by atomic mass is 19.1. The van der Waals surface area contributed by atoms with E-state index in [0.29, 0.717) is 28.8 Å². The van der Waals surface area contributed by atoms with E-state index in [2.05, 4.69) is 15.8 Å². The summed E-state index contributed by atoms with van der Waals surface area (Å²) >= 11 is 0. The Kier molecular flexibility index (Phi) is 5.78. The van der Waals surface area contributed by atoms with Gasteiger partial charge in [-0.2, -0.15) is 0 Å². The quantitative estimate of drug-likeness (QED) is 0.628. The van der Waals surface area contributed by atoms with Crippen LogP contribution in [-0.4, -0.2) is 24.2 Å². The van der Waals surface area contributed by atoms with E-state index in [-0.39, 0.29) is 11.7 Å². The van der Waals surface area contributed by atoms with Crippen LogP contribution >= 0.6 is 0 Å². The summed E-state index contributed by atoms with van der Waals surface area (Å²) in [5.74, 6) is 0.952. The van der Waals surface area contributed by atoms with Crippen LogP contribution in [0.1, 0.15) is 12.7 Å². The third-order valence-electron chi connectivity index (χ3n) is 3.88. The number of carbonyl (C=O) groups excluding carboxylic acids is 1. The molecule has 0 saturated heterocycles. The maximum atomic E-state index is 14.4. The van der Waals surface area contributed by atoms with Crippen LogP contribution < -0.4 is 20.1 Å². The standard InChI is InChI=1S/C20H20FN3O4/c1-12-10-19(24-28-12)23-20(25)13(2)22-14-8-9-16(15(21)11-14)27-18-7-5-4-6-17(18)26-3/h4-11,13,22H,1-3H3,(H,23,24,25). The number of ether oxygens (including phenoxy) is 2. The summed E-state index contributed by atoms with van der Waals surface area (Å²) in [5, 5.41) is 9.25. The Balaban J connectivity index is 1.65. The van der Waals surface area contributed by atoms with Crippen LogP contribution in [0.15, 0.2) is 53.1 Å². The molecule has 1 atom stereocenters. The molecule has 0 aliphatic rings. The molecule has 0 aliphatic heterocycles. The molecular formula is C20H20FN3O4. The monoisotopic (exact) mass is 385 g/mol. The van der Waals surface area contributed by atoms with Crippen LogP contribution in [0.4, 0.5) is 15.9 Å². The van der Waals surface area contributed by atoms with Crippen molar-refractivity contribution < 1.29 is 23.2 Å². The number of carbonyl (C=O) groups is 1. The second kappa shape index (κ2) is 8.43. The van der Waals surface area contributed by atoms with E-state index in [1.807, 2.05) is 0 Å². The lowest BCUT2D eigenvalue weighted by Crippen LogP contribution is -2.32. The lowest BCUT2D eigenvalue weighted by molar-refractivity contribution is -0.116. The van der Waals surface area contributed by atoms with Crippen molar-refractivity contribution in [2.75, 3.05) is 17.7 Å². The summed E-state index contributed by atoms with van der Waals surface area (Å²) in [6.07, 6.45) is 0. The van der Waals surface area contributed by atoms with Gasteiger partial charge in [0, 0.05) is 17.8 Å². The first-order valence-electron chi connectivity index (χ1n) is 8.57. The molecular weight excluding hydrogens is 365 g/mol. The molecule has 1 heterocycles. The number of para-hydroxylation sites is 2. The second-order valence-electron chi connectivity index (χ2n) is 6.08. The van der Waals surface area contributed by atoms with Crippen molar-refractivity contribution in [2.45, 2.75) is 19.9 Å². The number of benzene rings is 2. The molecule has 146 valence electrons. The smallest absolute Gasteiger partial charge is 0.247 e. The summed E-state index contributed by atoms with van der Waals surface area (Å²) in [7, 11) is 1.51. The van der Waals surface area contributed by atoms with Gasteiger partial charge in [-0.25, -0.2) is 4.39 Å². The minimum Gasteiger partial charge on any atom is -0.493 e. The summed E-state index contributed by atoms with van der Waals surface area (Å²) in [4.78, 5) is 12.2. The van der Waals surface area contributed by atoms with Crippen molar-refractivity contribution in [3.63, 3.8) is 0 Å². The van der Waals surface area contributed by atoms with E-state index in [1.54, 1.807) is 50.2 Å². The van der Waals surface area contributed by atoms with Crippen LogP contribution in [-0.2, 0) is 4.79 Å². The Hall–Kier alpha value is -3.55. The van der Waals surface area contributed by atoms with Crippen LogP contribution in [0.2, 0.25) is 0 Å². The molecule has 28 heavy (non-hydrogen) atoms. The molecule has 8 heteroatoms. The number of nitrogens with one attached hydrogen (secondary N) is 2. The molecule has 3 aromatic rings. The third-order valence-corrected chi connectivity index (χ3v) is 3.88. The first-order valence-corrected chi connectivity index (χ1v) is 8.57. The fourth-order valence-electron chi connectivity index (χ4n) is 2.47. The van der Waals surface area contributed by atoms with Gasteiger partial charge in [0.1, 0.15) is 11.8 Å². The Morgan fingerprint density at radius 1 is 1.14 bits per heavy atom. The Bertz CT molecular complexity index is 974. The number of aryl methyl sites for hydroxylation is 1. The van der Waals surface area contributed by atoms with E-state index in [0.717, 1.165) is 0 Å². The average Bonchev–Trinajstić information content (AvgIpc) is 3.09. The van der Waals surface area contributed by atoms with E-state index in [4.69, 9.17) is 14.0 Å². The van der Waals surface area contributed by atoms with Crippen molar-refractivity contribution in [3.8, 4) is 17.2 Å². The zero-order valence-corrected chi connectivity index (χ0v) is 15.7. The summed E-state index contributed by atoms with van der Waals surface area (Å²) in [6, 6.07) is 12.3. The van der Waals surface area contributed by atoms with Gasteiger partial charge in [0.05, 0.1) is 7.11 Å². The number of nitrogens with zero attached hydrogens (tertiary/aromatic N) is 1. The third kappa shape index (κ3) is 4.59. The fraction of sp³-hybridized carbons (Fsp3) is 0.200. The number of methoxy groups -OCH3 is 1. The number of aromatic nitrogens is 1. The highest BCUT2D eigenvalue weighted by Crippen LogP contribution is 2.33. The lowest BCUT2D eigenvalue weighted by atomic mass is 10.2. The zero-order valence-electron chi connectivity index (χ0n) is 15.7. The van der Waals surface area contributed by atoms with Gasteiger partial charge in [-0.05, 0) is 38.1 Å². The van der Waals surface area contributed by atoms with Gasteiger partial charge < -0.3 is 24.6 Å². The molecule has 3 rings (SSSR count). The van der Waals surface area contributed by atoms with Crippen LogP contribution in [0, 0.1) is 12.7 Å². The zero-order chi connectivity index (χ0) is 20.1. The number of halogens is 1. The van der Waals surface area contributed by atoms with Crippen molar-refractivity contribution >= 4 is 17.4 Å². The maximum absolute atomic E-state index is 14.4. The summed E-state index contributed by atoms with van der Waals surface area (Å²) in [5.41, 5.74) is 0.434. The van der Waals surface area contributed by atoms with Crippen molar-refractivity contribution in [2.24, 2.45) is 0 Å². The first-order chi connectivity index (χ1) is 13.5. The SMILES string of the molecule is COc1ccccc1Oc1ccc(NC(C)C(=O)Nc2cc(C)on2)cc1F. The van der Waals surface area contributed by atoms with Crippen LogP contribution in [0.5, 0.6) is 17.2 Å². The van der Waals surface area contributed by atoms with Gasteiger partial charge in [0.25, 0.3) is 0 Å². The highest BCUT2D eigenvalue weighted by molar-refractivity contribution is 5.95. The molecule has 1 unspecified atom stereocenters. The molecule has 0 aliphatic carbocycles. The van der Waals surface area contributed by atoms with E-state index in [9.17, 15) is 9.18 Å². The van der Waals surface area contributed by atoms with Gasteiger partial charge in [-0.3, -0.25) is 4.79 Å². The van der Waals surface area contributed by atoms with E-state index < -0.39 is 11.9 Å². The van der Waals surface area contributed by atoms with Gasteiger partial charge >= 0.3 is 0 Å². The normalized spacial score (nSPS) is 11.6. The predicted molar refractivity (Wildman–Crippen MR) is 102 cm³/mol. The minimum absolute atomic E-state index is 0.0465. The Morgan fingerprint density at radius 3 is 2.54 bits per heavy atom. The lowest BCUT2D eigenvalue weighted by Gasteiger charge is -2.15. The molecule has 1 aromatic heterocycles. The number of hydrogen-bond acceptors (Lipinski definition) is 6. The topological polar surface area (TPSA) is 85.6 Å². The summed E-state index contributed by atoms with van der Waals surface area (Å²) in [6.45, 7) is 3.38. The van der Waals surface area contributed by atoms with Crippen LogP contribution in [0.25, 0.3) is 0 Å². The average molecular weight is 385 g/mol. The number of amides is 1. The Morgan fingerprint density at radius 2 is 1.89 bits per heavy atom. The summed E-state index contributed by atoms with van der Waals surface area (Å²) < 4.78 is 30.1. The second-order valence-corrected chi connectivity index (χ2v) is 6.08. The van der Waals surface area contributed by atoms with Crippen LogP contribution in [0.3, 0.4) is 0 Å². The number of anilines is 2. The van der Waals surface area contributed by atoms with E-state index in [1.165, 1.54) is 19.2 Å². The number of hydrogen-bond donors (Lipinski definition) is 2. The molecule has 0 radical (unpaired) electrons. The van der Waals surface area contributed by atoms with Gasteiger partial charge in [0.2, 0.25) is 5.91 Å². The van der Waals surface area contributed by atoms with Gasteiger partial charge in [-0.15, -0.1) is 0 Å². The molecule has 0 bridgehead atoms. The molecule has 0 fully saturated rings. The Labute approximate surface area is 161 Å². The van der Waals surface area contributed by atoms with Crippen molar-refractivity contribution in [1.82, 2.24) is 5.16 Å². The molecule has 0 spiro atoms. The molecule has 2 N–H and O–H groups in total. The predicted octanol–water partition coefficient (Wildman–Crippen LogP) is 4.36. The van der Waals surface area contributed by atoms with E-state index >= 15 is 0 Å². The first kappa shape index (κ1) is 19.2. The number of rotatable bonds is 7. The molecule has 2 aromatic carbocycles. The fourth-order valence-corrected chi connectivity index (χ4v) is 2.47. The van der Waals surface area contributed by atoms with Crippen molar-refractivity contribution in [1.29, 1.82) is 0 Å². The molecule has 0 saturated carbocycles. The molecule has 1 amide bonds. The van der Waals surface area contributed by atoms with Gasteiger partial charge in [-0.1, -0.05) is 17.3 Å². The van der Waals surface area contributed by atoms with Crippen molar-refractivity contribution in [3.05, 3.63) is 60.1 Å². The highest BCUT2D eigenvalue weighted by Gasteiger charge is 2.16.